The van der Waals surface area contributed by atoms with Crippen LogP contribution in [0.15, 0.2) is 65.7 Å². The maximum atomic E-state index is 2.45. The van der Waals surface area contributed by atoms with E-state index < -0.39 is 0 Å². The Kier molecular flexibility index (Phi) is 1.85. The first-order valence-electron chi connectivity index (χ1n) is 9.25. The Bertz CT molecular complexity index is 1190. The van der Waals surface area contributed by atoms with Gasteiger partial charge in [-0.25, -0.2) is 0 Å². The van der Waals surface area contributed by atoms with Gasteiger partial charge in [-0.15, -0.1) is 0 Å². The highest BCUT2D eigenvalue weighted by Gasteiger charge is 2.63. The Hall–Kier alpha value is -2.34. The van der Waals surface area contributed by atoms with Crippen LogP contribution in [-0.2, 0) is 5.41 Å². The van der Waals surface area contributed by atoms with Gasteiger partial charge in [0.15, 0.2) is 0 Å². The minimum absolute atomic E-state index is 0.426. The van der Waals surface area contributed by atoms with Gasteiger partial charge in [0.05, 0.1) is 0 Å². The highest BCUT2D eigenvalue weighted by molar-refractivity contribution is 6.23. The molecule has 0 saturated heterocycles. The molecule has 0 bridgehead atoms. The molecule has 0 heterocycles. The van der Waals surface area contributed by atoms with Crippen molar-refractivity contribution in [1.82, 2.24) is 0 Å². The molecule has 0 radical (unpaired) electrons. The molecule has 2 atom stereocenters. The monoisotopic (exact) mass is 306 g/mol. The number of fused-ring (bicyclic) bond motifs is 2. The molecule has 3 aliphatic carbocycles. The summed E-state index contributed by atoms with van der Waals surface area (Å²) in [5.41, 5.74) is 5.68. The largest absolute Gasteiger partial charge is 0.0694 e. The van der Waals surface area contributed by atoms with Crippen molar-refractivity contribution in [2.24, 2.45) is 5.92 Å². The van der Waals surface area contributed by atoms with E-state index in [9.17, 15) is 0 Å². The van der Waals surface area contributed by atoms with Crippen LogP contribution in [0.2, 0.25) is 0 Å². The normalized spacial score (nSPS) is 27.8. The average molecular weight is 306 g/mol. The fourth-order valence-electron chi connectivity index (χ4n) is 6.05. The van der Waals surface area contributed by atoms with E-state index >= 15 is 0 Å². The first-order valence-corrected chi connectivity index (χ1v) is 9.25. The third kappa shape index (κ3) is 1.16. The second kappa shape index (κ2) is 3.67. The number of hydrogen-bond acceptors (Lipinski definition) is 0. The molecule has 0 spiro atoms. The zero-order valence-electron chi connectivity index (χ0n) is 13.6. The lowest BCUT2D eigenvalue weighted by Crippen LogP contribution is -2.16. The minimum Gasteiger partial charge on any atom is -0.0694 e. The van der Waals surface area contributed by atoms with Gasteiger partial charge in [-0.3, -0.25) is 0 Å². The van der Waals surface area contributed by atoms with E-state index in [-0.39, 0.29) is 0 Å². The highest BCUT2D eigenvalue weighted by atomic mass is 14.7. The zero-order valence-corrected chi connectivity index (χ0v) is 13.6. The molecule has 7 rings (SSSR count). The summed E-state index contributed by atoms with van der Waals surface area (Å²) in [5, 5.41) is 8.62. The zero-order chi connectivity index (χ0) is 15.5. The smallest absolute Gasteiger partial charge is 0.0205 e. The second-order valence-electron chi connectivity index (χ2n) is 8.13. The van der Waals surface area contributed by atoms with Gasteiger partial charge in [0.25, 0.3) is 0 Å². The molecule has 114 valence electrons. The molecule has 4 aromatic carbocycles. The fourth-order valence-corrected chi connectivity index (χ4v) is 6.05. The Morgan fingerprint density at radius 3 is 2.25 bits per heavy atom. The van der Waals surface area contributed by atoms with Gasteiger partial charge >= 0.3 is 0 Å². The first kappa shape index (κ1) is 12.1. The van der Waals surface area contributed by atoms with Gasteiger partial charge in [0.2, 0.25) is 0 Å². The summed E-state index contributed by atoms with van der Waals surface area (Å²) in [7, 11) is 0. The predicted octanol–water partition coefficient (Wildman–Crippen LogP) is 6.34. The van der Waals surface area contributed by atoms with Crippen molar-refractivity contribution in [1.29, 1.82) is 0 Å². The lowest BCUT2D eigenvalue weighted by Gasteiger charge is -2.28. The lowest BCUT2D eigenvalue weighted by atomic mass is 9.76. The summed E-state index contributed by atoms with van der Waals surface area (Å²) in [4.78, 5) is 0. The number of allylic oxidation sites excluding steroid dienone is 2. The van der Waals surface area contributed by atoms with E-state index in [2.05, 4.69) is 54.6 Å². The Morgan fingerprint density at radius 1 is 0.750 bits per heavy atom. The molecule has 0 heteroatoms. The quantitative estimate of drug-likeness (QED) is 0.284. The Morgan fingerprint density at radius 2 is 1.50 bits per heavy atom. The first-order chi connectivity index (χ1) is 11.9. The van der Waals surface area contributed by atoms with Gasteiger partial charge in [-0.2, -0.15) is 0 Å². The van der Waals surface area contributed by atoms with Crippen LogP contribution in [0, 0.1) is 5.92 Å². The molecule has 24 heavy (non-hydrogen) atoms. The summed E-state index contributed by atoms with van der Waals surface area (Å²) in [6.07, 6.45) is 5.51. The summed E-state index contributed by atoms with van der Waals surface area (Å²) in [6.45, 7) is 0. The van der Waals surface area contributed by atoms with Crippen LogP contribution in [-0.4, -0.2) is 0 Å². The fraction of sp³-hybridized carbons (Fsp3) is 0.250. The average Bonchev–Trinajstić information content (AvgIpc) is 3.25. The SMILES string of the molecule is c1cc2ccc3ccc(C45CC4CC4=C5CC4)c4ccc(c1)c2c34. The standard InChI is InChI=1S/C24H18/c1-2-14-4-5-16-7-11-21(19-9-6-15(3-1)22(14)23(16)19)24-13-18(24)12-17-8-10-20(17)24/h1-7,9,11,18H,8,10,12-13H2. The summed E-state index contributed by atoms with van der Waals surface area (Å²) in [5.74, 6) is 0.906. The van der Waals surface area contributed by atoms with Gasteiger partial charge in [-0.1, -0.05) is 65.7 Å². The van der Waals surface area contributed by atoms with Crippen molar-refractivity contribution < 1.29 is 0 Å². The van der Waals surface area contributed by atoms with Crippen LogP contribution in [0.25, 0.3) is 32.3 Å². The van der Waals surface area contributed by atoms with Crippen LogP contribution in [0.1, 0.15) is 31.2 Å². The molecule has 1 fully saturated rings. The maximum absolute atomic E-state index is 2.45. The molecule has 0 aromatic heterocycles. The predicted molar refractivity (Wildman–Crippen MR) is 101 cm³/mol. The van der Waals surface area contributed by atoms with Gasteiger partial charge in [0, 0.05) is 5.41 Å². The molecule has 4 aromatic rings. The van der Waals surface area contributed by atoms with Gasteiger partial charge in [-0.05, 0) is 69.5 Å². The second-order valence-corrected chi connectivity index (χ2v) is 8.13. The van der Waals surface area contributed by atoms with Crippen molar-refractivity contribution in [3.05, 3.63) is 71.3 Å². The molecule has 0 amide bonds. The molecule has 2 unspecified atom stereocenters. The van der Waals surface area contributed by atoms with E-state index in [1.807, 2.05) is 5.57 Å². The molecule has 0 aliphatic heterocycles. The van der Waals surface area contributed by atoms with E-state index in [0.717, 1.165) is 5.92 Å². The van der Waals surface area contributed by atoms with Gasteiger partial charge < -0.3 is 0 Å². The van der Waals surface area contributed by atoms with Gasteiger partial charge in [0.1, 0.15) is 0 Å². The summed E-state index contributed by atoms with van der Waals surface area (Å²) >= 11 is 0. The van der Waals surface area contributed by atoms with Crippen molar-refractivity contribution in [3.63, 3.8) is 0 Å². The van der Waals surface area contributed by atoms with Crippen molar-refractivity contribution in [2.45, 2.75) is 31.1 Å². The topological polar surface area (TPSA) is 0 Å². The lowest BCUT2D eigenvalue weighted by molar-refractivity contribution is 0.694. The van der Waals surface area contributed by atoms with E-state index in [4.69, 9.17) is 0 Å². The molecule has 0 N–H and O–H groups in total. The number of rotatable bonds is 1. The Balaban J connectivity index is 1.66. The molecular weight excluding hydrogens is 288 g/mol. The molecule has 1 saturated carbocycles. The van der Waals surface area contributed by atoms with Crippen LogP contribution in [0.5, 0.6) is 0 Å². The summed E-state index contributed by atoms with van der Waals surface area (Å²) in [6, 6.07) is 20.9. The van der Waals surface area contributed by atoms with Crippen LogP contribution >= 0.6 is 0 Å². The maximum Gasteiger partial charge on any atom is 0.0205 e. The van der Waals surface area contributed by atoms with E-state index in [0.29, 0.717) is 5.41 Å². The summed E-state index contributed by atoms with van der Waals surface area (Å²) < 4.78 is 0. The Labute approximate surface area is 141 Å². The van der Waals surface area contributed by atoms with Crippen LogP contribution in [0.3, 0.4) is 0 Å². The minimum atomic E-state index is 0.426. The number of benzene rings is 4. The van der Waals surface area contributed by atoms with E-state index in [1.54, 1.807) is 11.1 Å². The van der Waals surface area contributed by atoms with Crippen LogP contribution < -0.4 is 0 Å². The van der Waals surface area contributed by atoms with Crippen molar-refractivity contribution in [2.75, 3.05) is 0 Å². The third-order valence-corrected chi connectivity index (χ3v) is 7.25. The van der Waals surface area contributed by atoms with Crippen molar-refractivity contribution in [3.8, 4) is 0 Å². The van der Waals surface area contributed by atoms with Crippen LogP contribution in [0.4, 0.5) is 0 Å². The molecular formula is C24H18. The number of hydrogen-bond donors (Lipinski definition) is 0. The molecule has 3 aliphatic rings. The highest BCUT2D eigenvalue weighted by Crippen LogP contribution is 2.72. The van der Waals surface area contributed by atoms with Crippen molar-refractivity contribution >= 4 is 32.3 Å². The third-order valence-electron chi connectivity index (χ3n) is 7.25. The van der Waals surface area contributed by atoms with E-state index in [1.165, 1.54) is 58.0 Å². The molecule has 0 nitrogen and oxygen atoms in total.